The maximum Gasteiger partial charge on any atom is 0.185 e. The second kappa shape index (κ2) is 6.16. The van der Waals surface area contributed by atoms with Crippen LogP contribution in [0.3, 0.4) is 0 Å². The minimum Gasteiger partial charge on any atom is -0.345 e. The Morgan fingerprint density at radius 2 is 2.10 bits per heavy atom. The molecular formula is C17H23N3S. The summed E-state index contributed by atoms with van der Waals surface area (Å²) in [6.45, 7) is 5.73. The van der Waals surface area contributed by atoms with Crippen molar-refractivity contribution in [3.8, 4) is 0 Å². The maximum absolute atomic E-state index is 6.29. The first-order valence-electron chi connectivity index (χ1n) is 7.65. The van der Waals surface area contributed by atoms with Crippen molar-refractivity contribution in [2.75, 3.05) is 11.4 Å². The lowest BCUT2D eigenvalue weighted by Crippen LogP contribution is -2.26. The van der Waals surface area contributed by atoms with Crippen LogP contribution in [0.4, 0.5) is 5.13 Å². The molecule has 3 rings (SSSR count). The zero-order valence-corrected chi connectivity index (χ0v) is 13.5. The molecule has 0 spiro atoms. The number of nitrogens with two attached hydrogens (primary N) is 1. The molecular weight excluding hydrogens is 278 g/mol. The molecule has 3 atom stereocenters. The van der Waals surface area contributed by atoms with Gasteiger partial charge < -0.3 is 10.6 Å². The standard InChI is InChI=1S/C17H23N3S/c1-12-8-13(2)20(10-12)17-19-15(11-21-17)9-16(18)14-6-4-3-5-7-14/h3-7,11-13,16H,8-10,18H2,1-2H3. The molecule has 0 amide bonds. The van der Waals surface area contributed by atoms with Crippen molar-refractivity contribution in [3.05, 3.63) is 47.0 Å². The van der Waals surface area contributed by atoms with Crippen LogP contribution >= 0.6 is 11.3 Å². The van der Waals surface area contributed by atoms with Crippen LogP contribution in [0.5, 0.6) is 0 Å². The van der Waals surface area contributed by atoms with E-state index in [1.54, 1.807) is 11.3 Å². The summed E-state index contributed by atoms with van der Waals surface area (Å²) in [4.78, 5) is 7.24. The second-order valence-electron chi connectivity index (χ2n) is 6.18. The van der Waals surface area contributed by atoms with Gasteiger partial charge in [-0.1, -0.05) is 37.3 Å². The monoisotopic (exact) mass is 301 g/mol. The quantitative estimate of drug-likeness (QED) is 0.938. The lowest BCUT2D eigenvalue weighted by atomic mass is 10.0. The molecule has 112 valence electrons. The highest BCUT2D eigenvalue weighted by molar-refractivity contribution is 7.13. The van der Waals surface area contributed by atoms with Crippen molar-refractivity contribution in [2.45, 2.75) is 38.8 Å². The molecule has 1 saturated heterocycles. The molecule has 1 aliphatic heterocycles. The third-order valence-electron chi connectivity index (χ3n) is 4.23. The molecule has 0 bridgehead atoms. The highest BCUT2D eigenvalue weighted by atomic mass is 32.1. The molecule has 4 heteroatoms. The molecule has 1 aromatic heterocycles. The smallest absolute Gasteiger partial charge is 0.185 e. The topological polar surface area (TPSA) is 42.2 Å². The van der Waals surface area contributed by atoms with Gasteiger partial charge in [-0.2, -0.15) is 0 Å². The Balaban J connectivity index is 1.68. The normalized spacial score (nSPS) is 23.5. The first-order chi connectivity index (χ1) is 10.1. The van der Waals surface area contributed by atoms with Crippen molar-refractivity contribution in [1.29, 1.82) is 0 Å². The van der Waals surface area contributed by atoms with Crippen LogP contribution in [0.25, 0.3) is 0 Å². The molecule has 0 saturated carbocycles. The molecule has 0 aliphatic carbocycles. The van der Waals surface area contributed by atoms with E-state index in [1.807, 2.05) is 18.2 Å². The molecule has 1 fully saturated rings. The Labute approximate surface area is 130 Å². The third-order valence-corrected chi connectivity index (χ3v) is 5.15. The number of aromatic nitrogens is 1. The van der Waals surface area contributed by atoms with E-state index in [9.17, 15) is 0 Å². The fourth-order valence-corrected chi connectivity index (χ4v) is 4.08. The van der Waals surface area contributed by atoms with Crippen molar-refractivity contribution in [3.63, 3.8) is 0 Å². The number of thiazole rings is 1. The fraction of sp³-hybridized carbons (Fsp3) is 0.471. The van der Waals surface area contributed by atoms with E-state index in [0.717, 1.165) is 29.7 Å². The average molecular weight is 301 g/mol. The van der Waals surface area contributed by atoms with E-state index in [-0.39, 0.29) is 6.04 Å². The van der Waals surface area contributed by atoms with Crippen molar-refractivity contribution in [2.24, 2.45) is 11.7 Å². The number of rotatable bonds is 4. The van der Waals surface area contributed by atoms with Crippen LogP contribution in [-0.2, 0) is 6.42 Å². The Morgan fingerprint density at radius 1 is 1.33 bits per heavy atom. The number of nitrogens with zero attached hydrogens (tertiary/aromatic N) is 2. The molecule has 21 heavy (non-hydrogen) atoms. The minimum absolute atomic E-state index is 0.0241. The summed E-state index contributed by atoms with van der Waals surface area (Å²) in [5, 5.41) is 3.32. The van der Waals surface area contributed by atoms with Gasteiger partial charge >= 0.3 is 0 Å². The molecule has 0 radical (unpaired) electrons. The molecule has 3 unspecified atom stereocenters. The summed E-state index contributed by atoms with van der Waals surface area (Å²) in [5.74, 6) is 0.763. The predicted molar refractivity (Wildman–Crippen MR) is 89.8 cm³/mol. The summed E-state index contributed by atoms with van der Waals surface area (Å²) >= 11 is 1.75. The summed E-state index contributed by atoms with van der Waals surface area (Å²) in [6, 6.07) is 10.9. The van der Waals surface area contributed by atoms with Gasteiger partial charge in [0.2, 0.25) is 0 Å². The molecule has 3 nitrogen and oxygen atoms in total. The van der Waals surface area contributed by atoms with Gasteiger partial charge in [0.25, 0.3) is 0 Å². The first kappa shape index (κ1) is 14.5. The summed E-state index contributed by atoms with van der Waals surface area (Å²) < 4.78 is 0. The van der Waals surface area contributed by atoms with E-state index < -0.39 is 0 Å². The van der Waals surface area contributed by atoms with Crippen LogP contribution in [0, 0.1) is 5.92 Å². The van der Waals surface area contributed by atoms with Gasteiger partial charge in [0.05, 0.1) is 5.69 Å². The lowest BCUT2D eigenvalue weighted by Gasteiger charge is -2.20. The fourth-order valence-electron chi connectivity index (χ4n) is 3.13. The zero-order chi connectivity index (χ0) is 14.8. The summed E-state index contributed by atoms with van der Waals surface area (Å²) in [5.41, 5.74) is 8.58. The van der Waals surface area contributed by atoms with Crippen LogP contribution in [0.2, 0.25) is 0 Å². The Kier molecular flexibility index (Phi) is 4.27. The summed E-state index contributed by atoms with van der Waals surface area (Å²) in [7, 11) is 0. The highest BCUT2D eigenvalue weighted by Gasteiger charge is 2.28. The van der Waals surface area contributed by atoms with Gasteiger partial charge in [-0.15, -0.1) is 11.3 Å². The van der Waals surface area contributed by atoms with Crippen molar-refractivity contribution in [1.82, 2.24) is 4.98 Å². The molecule has 1 aliphatic rings. The van der Waals surface area contributed by atoms with E-state index in [4.69, 9.17) is 10.7 Å². The first-order valence-corrected chi connectivity index (χ1v) is 8.53. The van der Waals surface area contributed by atoms with E-state index in [2.05, 4.69) is 36.3 Å². The molecule has 2 aromatic rings. The van der Waals surface area contributed by atoms with Gasteiger partial charge in [-0.05, 0) is 24.8 Å². The van der Waals surface area contributed by atoms with Crippen LogP contribution < -0.4 is 10.6 Å². The number of hydrogen-bond acceptors (Lipinski definition) is 4. The van der Waals surface area contributed by atoms with Gasteiger partial charge in [-0.3, -0.25) is 0 Å². The van der Waals surface area contributed by atoms with Gasteiger partial charge in [0.15, 0.2) is 5.13 Å². The number of anilines is 1. The number of benzene rings is 1. The highest BCUT2D eigenvalue weighted by Crippen LogP contribution is 2.31. The molecule has 2 heterocycles. The van der Waals surface area contributed by atoms with E-state index >= 15 is 0 Å². The van der Waals surface area contributed by atoms with E-state index in [1.165, 1.54) is 12.0 Å². The largest absolute Gasteiger partial charge is 0.345 e. The van der Waals surface area contributed by atoms with Gasteiger partial charge in [0, 0.05) is 30.4 Å². The third kappa shape index (κ3) is 3.27. The van der Waals surface area contributed by atoms with Gasteiger partial charge in [-0.25, -0.2) is 4.98 Å². The number of hydrogen-bond donors (Lipinski definition) is 1. The van der Waals surface area contributed by atoms with Crippen molar-refractivity contribution < 1.29 is 0 Å². The second-order valence-corrected chi connectivity index (χ2v) is 7.02. The van der Waals surface area contributed by atoms with Crippen LogP contribution in [0.1, 0.15) is 37.6 Å². The van der Waals surface area contributed by atoms with Crippen LogP contribution in [-0.4, -0.2) is 17.6 Å². The Bertz CT molecular complexity index is 581. The van der Waals surface area contributed by atoms with Crippen molar-refractivity contribution >= 4 is 16.5 Å². The lowest BCUT2D eigenvalue weighted by molar-refractivity contribution is 0.625. The van der Waals surface area contributed by atoms with Gasteiger partial charge in [0.1, 0.15) is 0 Å². The Hall–Kier alpha value is -1.39. The van der Waals surface area contributed by atoms with E-state index in [0.29, 0.717) is 6.04 Å². The maximum atomic E-state index is 6.29. The Morgan fingerprint density at radius 3 is 2.76 bits per heavy atom. The average Bonchev–Trinajstić information content (AvgIpc) is 3.06. The molecule has 2 N–H and O–H groups in total. The summed E-state index contributed by atoms with van der Waals surface area (Å²) in [6.07, 6.45) is 2.07. The van der Waals surface area contributed by atoms with Crippen LogP contribution in [0.15, 0.2) is 35.7 Å². The minimum atomic E-state index is 0.0241. The predicted octanol–water partition coefficient (Wildman–Crippen LogP) is 3.62. The zero-order valence-electron chi connectivity index (χ0n) is 12.7. The molecule has 1 aromatic carbocycles. The SMILES string of the molecule is CC1CC(C)N(c2nc(CC(N)c3ccccc3)cs2)C1.